The van der Waals surface area contributed by atoms with Crippen LogP contribution in [0, 0.1) is 18.8 Å². The number of aryl methyl sites for hydroxylation is 1. The van der Waals surface area contributed by atoms with E-state index in [0.717, 1.165) is 48.3 Å². The second-order valence-electron chi connectivity index (χ2n) is 6.66. The zero-order valence-corrected chi connectivity index (χ0v) is 13.2. The molecule has 0 radical (unpaired) electrons. The Balaban J connectivity index is 1.72. The first-order valence-corrected chi connectivity index (χ1v) is 8.31. The van der Waals surface area contributed by atoms with Gasteiger partial charge in [0, 0.05) is 30.9 Å². The van der Waals surface area contributed by atoms with E-state index in [-0.39, 0.29) is 5.91 Å². The van der Waals surface area contributed by atoms with Gasteiger partial charge >= 0.3 is 0 Å². The van der Waals surface area contributed by atoms with E-state index < -0.39 is 0 Å². The monoisotopic (exact) mass is 286 g/mol. The Morgan fingerprint density at radius 3 is 2.29 bits per heavy atom. The van der Waals surface area contributed by atoms with Crippen LogP contribution in [-0.4, -0.2) is 30.4 Å². The van der Waals surface area contributed by atoms with E-state index in [4.69, 9.17) is 0 Å². The van der Waals surface area contributed by atoms with Crippen LogP contribution in [0.4, 0.5) is 5.69 Å². The third kappa shape index (κ3) is 3.78. The average Bonchev–Trinajstić information content (AvgIpc) is 3.35. The molecule has 0 atom stereocenters. The zero-order valence-electron chi connectivity index (χ0n) is 13.2. The van der Waals surface area contributed by atoms with Crippen LogP contribution in [0.25, 0.3) is 0 Å². The Kier molecular flexibility index (Phi) is 4.18. The number of anilines is 1. The number of carbonyl (C=O) groups excluding carboxylic acids is 1. The molecule has 0 aromatic heterocycles. The molecule has 2 fully saturated rings. The van der Waals surface area contributed by atoms with Gasteiger partial charge in [-0.2, -0.15) is 0 Å². The van der Waals surface area contributed by atoms with Crippen LogP contribution in [0.2, 0.25) is 0 Å². The first kappa shape index (κ1) is 14.4. The van der Waals surface area contributed by atoms with Crippen molar-refractivity contribution >= 4 is 11.6 Å². The lowest BCUT2D eigenvalue weighted by molar-refractivity contribution is 0.0739. The lowest BCUT2D eigenvalue weighted by Gasteiger charge is -2.23. The van der Waals surface area contributed by atoms with Crippen LogP contribution in [0.1, 0.15) is 48.5 Å². The molecular weight excluding hydrogens is 260 g/mol. The van der Waals surface area contributed by atoms with Crippen molar-refractivity contribution < 1.29 is 4.79 Å². The number of nitrogens with zero attached hydrogens (tertiary/aromatic N) is 1. The summed E-state index contributed by atoms with van der Waals surface area (Å²) in [4.78, 5) is 14.9. The normalized spacial score (nSPS) is 17.6. The Morgan fingerprint density at radius 2 is 1.81 bits per heavy atom. The van der Waals surface area contributed by atoms with Crippen molar-refractivity contribution in [2.24, 2.45) is 11.8 Å². The van der Waals surface area contributed by atoms with E-state index in [1.807, 2.05) is 18.2 Å². The molecule has 114 valence electrons. The van der Waals surface area contributed by atoms with Crippen molar-refractivity contribution in [1.82, 2.24) is 4.90 Å². The molecule has 3 rings (SSSR count). The van der Waals surface area contributed by atoms with E-state index in [1.165, 1.54) is 25.7 Å². The summed E-state index contributed by atoms with van der Waals surface area (Å²) in [5, 5.41) is 3.33. The zero-order chi connectivity index (χ0) is 14.8. The SMILES string of the molecule is CCNc1ccc(C(=O)N(CC2CC2)CC2CC2)cc1C. The van der Waals surface area contributed by atoms with Crippen molar-refractivity contribution in [1.29, 1.82) is 0 Å². The van der Waals surface area contributed by atoms with Gasteiger partial charge in [0.2, 0.25) is 0 Å². The topological polar surface area (TPSA) is 32.3 Å². The molecule has 2 saturated carbocycles. The van der Waals surface area contributed by atoms with Crippen molar-refractivity contribution in [3.05, 3.63) is 29.3 Å². The molecule has 1 N–H and O–H groups in total. The van der Waals surface area contributed by atoms with Gasteiger partial charge in [0.25, 0.3) is 5.91 Å². The Labute approximate surface area is 127 Å². The minimum absolute atomic E-state index is 0.222. The maximum Gasteiger partial charge on any atom is 0.253 e. The molecule has 0 heterocycles. The fraction of sp³-hybridized carbons (Fsp3) is 0.611. The number of hydrogen-bond donors (Lipinski definition) is 1. The summed E-state index contributed by atoms with van der Waals surface area (Å²) in [6.45, 7) is 6.99. The second-order valence-corrected chi connectivity index (χ2v) is 6.66. The smallest absolute Gasteiger partial charge is 0.253 e. The van der Waals surface area contributed by atoms with Crippen LogP contribution in [0.15, 0.2) is 18.2 Å². The van der Waals surface area contributed by atoms with Gasteiger partial charge in [-0.05, 0) is 75.1 Å². The summed E-state index contributed by atoms with van der Waals surface area (Å²) in [5.74, 6) is 1.74. The van der Waals surface area contributed by atoms with E-state index in [2.05, 4.69) is 24.1 Å². The second kappa shape index (κ2) is 6.08. The number of benzene rings is 1. The molecule has 3 nitrogen and oxygen atoms in total. The van der Waals surface area contributed by atoms with Crippen molar-refractivity contribution in [3.63, 3.8) is 0 Å². The molecule has 1 aromatic carbocycles. The van der Waals surface area contributed by atoms with Crippen molar-refractivity contribution in [2.75, 3.05) is 25.0 Å². The molecule has 0 unspecified atom stereocenters. The van der Waals surface area contributed by atoms with Crippen LogP contribution in [0.5, 0.6) is 0 Å². The molecule has 2 aliphatic rings. The molecule has 0 saturated heterocycles. The van der Waals surface area contributed by atoms with Crippen molar-refractivity contribution in [3.8, 4) is 0 Å². The van der Waals surface area contributed by atoms with Gasteiger partial charge < -0.3 is 10.2 Å². The number of amides is 1. The molecule has 0 aliphatic heterocycles. The summed E-state index contributed by atoms with van der Waals surface area (Å²) in [7, 11) is 0. The molecule has 1 aromatic rings. The summed E-state index contributed by atoms with van der Waals surface area (Å²) in [5.41, 5.74) is 3.13. The van der Waals surface area contributed by atoms with Crippen LogP contribution >= 0.6 is 0 Å². The van der Waals surface area contributed by atoms with E-state index in [0.29, 0.717) is 0 Å². The quantitative estimate of drug-likeness (QED) is 0.829. The van der Waals surface area contributed by atoms with E-state index in [1.54, 1.807) is 0 Å². The summed E-state index contributed by atoms with van der Waals surface area (Å²) in [6, 6.07) is 6.05. The Bertz CT molecular complexity index is 504. The lowest BCUT2D eigenvalue weighted by Crippen LogP contribution is -2.34. The van der Waals surface area contributed by atoms with Crippen LogP contribution in [0.3, 0.4) is 0 Å². The number of hydrogen-bond acceptors (Lipinski definition) is 2. The van der Waals surface area contributed by atoms with Gasteiger partial charge in [0.05, 0.1) is 0 Å². The van der Waals surface area contributed by atoms with E-state index in [9.17, 15) is 4.79 Å². The highest BCUT2D eigenvalue weighted by atomic mass is 16.2. The highest BCUT2D eigenvalue weighted by molar-refractivity contribution is 5.95. The summed E-state index contributed by atoms with van der Waals surface area (Å²) in [6.07, 6.45) is 5.19. The van der Waals surface area contributed by atoms with Gasteiger partial charge in [-0.3, -0.25) is 4.79 Å². The largest absolute Gasteiger partial charge is 0.385 e. The molecule has 2 aliphatic carbocycles. The number of nitrogens with one attached hydrogen (secondary N) is 1. The maximum absolute atomic E-state index is 12.8. The van der Waals surface area contributed by atoms with Gasteiger partial charge in [0.15, 0.2) is 0 Å². The minimum atomic E-state index is 0.222. The van der Waals surface area contributed by atoms with Gasteiger partial charge in [0.1, 0.15) is 0 Å². The van der Waals surface area contributed by atoms with Crippen LogP contribution in [-0.2, 0) is 0 Å². The fourth-order valence-electron chi connectivity index (χ4n) is 2.83. The molecule has 0 spiro atoms. The molecule has 3 heteroatoms. The average molecular weight is 286 g/mol. The third-order valence-corrected chi connectivity index (χ3v) is 4.48. The highest BCUT2D eigenvalue weighted by Crippen LogP contribution is 2.34. The first-order valence-electron chi connectivity index (χ1n) is 8.31. The lowest BCUT2D eigenvalue weighted by atomic mass is 10.1. The Morgan fingerprint density at radius 1 is 1.19 bits per heavy atom. The summed E-state index contributed by atoms with van der Waals surface area (Å²) < 4.78 is 0. The maximum atomic E-state index is 12.8. The van der Waals surface area contributed by atoms with Crippen LogP contribution < -0.4 is 5.32 Å². The molecule has 1 amide bonds. The van der Waals surface area contributed by atoms with E-state index >= 15 is 0 Å². The first-order chi connectivity index (χ1) is 10.2. The number of rotatable bonds is 7. The van der Waals surface area contributed by atoms with Gasteiger partial charge in [-0.15, -0.1) is 0 Å². The minimum Gasteiger partial charge on any atom is -0.385 e. The van der Waals surface area contributed by atoms with Crippen molar-refractivity contribution in [2.45, 2.75) is 39.5 Å². The Hall–Kier alpha value is -1.51. The highest BCUT2D eigenvalue weighted by Gasteiger charge is 2.31. The molecule has 21 heavy (non-hydrogen) atoms. The summed E-state index contributed by atoms with van der Waals surface area (Å²) >= 11 is 0. The van der Waals surface area contributed by atoms with Gasteiger partial charge in [-0.25, -0.2) is 0 Å². The predicted molar refractivity (Wildman–Crippen MR) is 86.7 cm³/mol. The fourth-order valence-corrected chi connectivity index (χ4v) is 2.83. The van der Waals surface area contributed by atoms with Gasteiger partial charge in [-0.1, -0.05) is 0 Å². The third-order valence-electron chi connectivity index (χ3n) is 4.48. The molecular formula is C18H26N2O. The predicted octanol–water partition coefficient (Wildman–Crippen LogP) is 3.69. The molecule has 0 bridgehead atoms. The standard InChI is InChI=1S/C18H26N2O/c1-3-19-17-9-8-16(10-13(17)2)18(21)20(11-14-4-5-14)12-15-6-7-15/h8-10,14-15,19H,3-7,11-12H2,1-2H3. The number of carbonyl (C=O) groups is 1.